The van der Waals surface area contributed by atoms with E-state index in [9.17, 15) is 4.79 Å². The highest BCUT2D eigenvalue weighted by Gasteiger charge is 2.45. The van der Waals surface area contributed by atoms with E-state index in [1.807, 2.05) is 6.92 Å². The van der Waals surface area contributed by atoms with Gasteiger partial charge in [-0.2, -0.15) is 0 Å². The first kappa shape index (κ1) is 17.5. The van der Waals surface area contributed by atoms with Gasteiger partial charge in [0.05, 0.1) is 11.7 Å². The predicted molar refractivity (Wildman–Crippen MR) is 85.5 cm³/mol. The lowest BCUT2D eigenvalue weighted by molar-refractivity contribution is -0.133. The van der Waals surface area contributed by atoms with Crippen molar-refractivity contribution in [3.63, 3.8) is 0 Å². The summed E-state index contributed by atoms with van der Waals surface area (Å²) in [6, 6.07) is 0. The fraction of sp³-hybridized carbons (Fsp3) is 0.941. The summed E-state index contributed by atoms with van der Waals surface area (Å²) in [6.45, 7) is 11.8. The Kier molecular flexibility index (Phi) is 7.01. The molecule has 20 heavy (non-hydrogen) atoms. The van der Waals surface area contributed by atoms with Crippen LogP contribution in [0.4, 0.5) is 0 Å². The van der Waals surface area contributed by atoms with Crippen molar-refractivity contribution < 1.29 is 4.79 Å². The van der Waals surface area contributed by atoms with E-state index in [4.69, 9.17) is 0 Å². The minimum Gasteiger partial charge on any atom is -0.326 e. The van der Waals surface area contributed by atoms with Gasteiger partial charge < -0.3 is 4.90 Å². The second-order valence-electron chi connectivity index (χ2n) is 6.85. The van der Waals surface area contributed by atoms with Crippen molar-refractivity contribution in [1.82, 2.24) is 10.2 Å². The zero-order chi connectivity index (χ0) is 15.2. The van der Waals surface area contributed by atoms with Crippen molar-refractivity contribution in [2.45, 2.75) is 91.3 Å². The van der Waals surface area contributed by atoms with Crippen molar-refractivity contribution in [2.75, 3.05) is 6.54 Å². The van der Waals surface area contributed by atoms with Gasteiger partial charge in [0.2, 0.25) is 5.91 Å². The minimum atomic E-state index is -0.335. The number of hydrogen-bond donors (Lipinski definition) is 1. The summed E-state index contributed by atoms with van der Waals surface area (Å²) >= 11 is 0. The summed E-state index contributed by atoms with van der Waals surface area (Å²) in [4.78, 5) is 14.6. The molecule has 1 aliphatic rings. The second kappa shape index (κ2) is 8.02. The number of hydrogen-bond acceptors (Lipinski definition) is 2. The second-order valence-corrected chi connectivity index (χ2v) is 6.85. The summed E-state index contributed by atoms with van der Waals surface area (Å²) < 4.78 is 0. The molecule has 118 valence electrons. The molecule has 1 amide bonds. The summed E-state index contributed by atoms with van der Waals surface area (Å²) in [5.41, 5.74) is -0.335. The van der Waals surface area contributed by atoms with E-state index in [1.54, 1.807) is 0 Å². The molecule has 1 rings (SSSR count). The fourth-order valence-corrected chi connectivity index (χ4v) is 2.99. The molecule has 1 N–H and O–H groups in total. The third kappa shape index (κ3) is 4.47. The molecule has 2 atom stereocenters. The zero-order valence-electron chi connectivity index (χ0n) is 14.2. The van der Waals surface area contributed by atoms with E-state index in [-0.39, 0.29) is 11.7 Å². The van der Waals surface area contributed by atoms with E-state index in [1.165, 1.54) is 25.7 Å². The quantitative estimate of drug-likeness (QED) is 0.650. The normalized spacial score (nSPS) is 26.8. The van der Waals surface area contributed by atoms with Gasteiger partial charge in [-0.1, -0.05) is 53.4 Å². The average molecular weight is 282 g/mol. The van der Waals surface area contributed by atoms with Crippen LogP contribution >= 0.6 is 0 Å². The van der Waals surface area contributed by atoms with Crippen molar-refractivity contribution in [3.8, 4) is 0 Å². The summed E-state index contributed by atoms with van der Waals surface area (Å²) in [5, 5.41) is 3.51. The lowest BCUT2D eigenvalue weighted by atomic mass is 9.99. The molecule has 0 bridgehead atoms. The molecule has 0 aromatic rings. The molecule has 0 aromatic carbocycles. The lowest BCUT2D eigenvalue weighted by Crippen LogP contribution is -2.43. The Morgan fingerprint density at radius 1 is 1.20 bits per heavy atom. The molecule has 0 aromatic heterocycles. The molecule has 1 saturated heterocycles. The standard InChI is InChI=1S/C17H34N2O/c1-6-15-18-17(5,7-2)16(20)19(15)13-11-9-8-10-12-14(3)4/h14-15,18H,6-13H2,1-5H3. The molecule has 0 spiro atoms. The van der Waals surface area contributed by atoms with Crippen LogP contribution < -0.4 is 5.32 Å². The van der Waals surface area contributed by atoms with E-state index < -0.39 is 0 Å². The topological polar surface area (TPSA) is 32.3 Å². The van der Waals surface area contributed by atoms with E-state index in [2.05, 4.69) is 37.9 Å². The van der Waals surface area contributed by atoms with Crippen molar-refractivity contribution in [3.05, 3.63) is 0 Å². The van der Waals surface area contributed by atoms with Crippen LogP contribution in [0.1, 0.15) is 79.6 Å². The van der Waals surface area contributed by atoms with Gasteiger partial charge >= 0.3 is 0 Å². The fourth-order valence-electron chi connectivity index (χ4n) is 2.99. The Morgan fingerprint density at radius 2 is 1.85 bits per heavy atom. The number of rotatable bonds is 9. The molecular weight excluding hydrogens is 248 g/mol. The molecule has 3 heteroatoms. The van der Waals surface area contributed by atoms with Gasteiger partial charge in [-0.15, -0.1) is 0 Å². The lowest BCUT2D eigenvalue weighted by Gasteiger charge is -2.23. The predicted octanol–water partition coefficient (Wildman–Crippen LogP) is 3.93. The molecule has 0 saturated carbocycles. The molecule has 0 radical (unpaired) electrons. The monoisotopic (exact) mass is 282 g/mol. The molecular formula is C17H34N2O. The zero-order valence-corrected chi connectivity index (χ0v) is 14.2. The Hall–Kier alpha value is -0.570. The summed E-state index contributed by atoms with van der Waals surface area (Å²) in [7, 11) is 0. The molecule has 1 aliphatic heterocycles. The van der Waals surface area contributed by atoms with Crippen molar-refractivity contribution in [2.24, 2.45) is 5.92 Å². The Bertz CT molecular complexity index is 303. The third-order valence-electron chi connectivity index (χ3n) is 4.62. The number of unbranched alkanes of at least 4 members (excludes halogenated alkanes) is 3. The Balaban J connectivity index is 2.33. The van der Waals surface area contributed by atoms with Gasteiger partial charge in [-0.3, -0.25) is 10.1 Å². The van der Waals surface area contributed by atoms with Crippen LogP contribution in [-0.2, 0) is 4.79 Å². The van der Waals surface area contributed by atoms with Crippen LogP contribution in [0.2, 0.25) is 0 Å². The van der Waals surface area contributed by atoms with Crippen molar-refractivity contribution >= 4 is 5.91 Å². The Labute approximate surface area is 125 Å². The number of nitrogens with zero attached hydrogens (tertiary/aromatic N) is 1. The number of carbonyl (C=O) groups is 1. The minimum absolute atomic E-state index is 0.239. The van der Waals surface area contributed by atoms with Gasteiger partial charge in [0, 0.05) is 6.54 Å². The maximum atomic E-state index is 12.5. The molecule has 0 aliphatic carbocycles. The van der Waals surface area contributed by atoms with Crippen LogP contribution in [0.5, 0.6) is 0 Å². The van der Waals surface area contributed by atoms with Gasteiger partial charge in [0.15, 0.2) is 0 Å². The number of carbonyl (C=O) groups excluding carboxylic acids is 1. The SMILES string of the molecule is CCC1NC(C)(CC)C(=O)N1CCCCCCC(C)C. The van der Waals surface area contributed by atoms with Crippen LogP contribution in [0, 0.1) is 5.92 Å². The van der Waals surface area contributed by atoms with Gasteiger partial charge in [0.25, 0.3) is 0 Å². The first-order valence-electron chi connectivity index (χ1n) is 8.53. The first-order chi connectivity index (χ1) is 9.44. The molecule has 1 fully saturated rings. The van der Waals surface area contributed by atoms with Crippen LogP contribution in [0.25, 0.3) is 0 Å². The Morgan fingerprint density at radius 3 is 2.40 bits per heavy atom. The van der Waals surface area contributed by atoms with Crippen LogP contribution in [-0.4, -0.2) is 29.1 Å². The van der Waals surface area contributed by atoms with E-state index >= 15 is 0 Å². The smallest absolute Gasteiger partial charge is 0.243 e. The van der Waals surface area contributed by atoms with E-state index in [0.29, 0.717) is 5.91 Å². The third-order valence-corrected chi connectivity index (χ3v) is 4.62. The highest BCUT2D eigenvalue weighted by atomic mass is 16.2. The average Bonchev–Trinajstić information content (AvgIpc) is 2.67. The number of nitrogens with one attached hydrogen (secondary N) is 1. The van der Waals surface area contributed by atoms with Gasteiger partial charge in [-0.05, 0) is 32.1 Å². The molecule has 1 heterocycles. The summed E-state index contributed by atoms with van der Waals surface area (Å²) in [6.07, 6.45) is 8.45. The highest BCUT2D eigenvalue weighted by molar-refractivity contribution is 5.88. The molecule has 2 unspecified atom stereocenters. The van der Waals surface area contributed by atoms with Crippen molar-refractivity contribution in [1.29, 1.82) is 0 Å². The van der Waals surface area contributed by atoms with Crippen LogP contribution in [0.3, 0.4) is 0 Å². The highest BCUT2D eigenvalue weighted by Crippen LogP contribution is 2.25. The summed E-state index contributed by atoms with van der Waals surface area (Å²) in [5.74, 6) is 1.11. The largest absolute Gasteiger partial charge is 0.326 e. The molecule has 3 nitrogen and oxygen atoms in total. The number of amides is 1. The first-order valence-corrected chi connectivity index (χ1v) is 8.53. The maximum Gasteiger partial charge on any atom is 0.243 e. The maximum absolute atomic E-state index is 12.5. The van der Waals surface area contributed by atoms with Gasteiger partial charge in [0.1, 0.15) is 0 Å². The van der Waals surface area contributed by atoms with Gasteiger partial charge in [-0.25, -0.2) is 0 Å². The van der Waals surface area contributed by atoms with E-state index in [0.717, 1.165) is 31.7 Å². The van der Waals surface area contributed by atoms with Crippen LogP contribution in [0.15, 0.2) is 0 Å².